The zero-order valence-electron chi connectivity index (χ0n) is 20.4. The van der Waals surface area contributed by atoms with Crippen molar-refractivity contribution in [3.8, 4) is 11.3 Å². The molecule has 0 radical (unpaired) electrons. The van der Waals surface area contributed by atoms with Gasteiger partial charge in [0.1, 0.15) is 5.69 Å². The van der Waals surface area contributed by atoms with E-state index in [1.165, 1.54) is 77.0 Å². The molecule has 4 aliphatic carbocycles. The predicted octanol–water partition coefficient (Wildman–Crippen LogP) is 6.03. The molecule has 3 heteroatoms. The summed E-state index contributed by atoms with van der Waals surface area (Å²) in [6, 6.07) is 16.6. The summed E-state index contributed by atoms with van der Waals surface area (Å²) in [5, 5.41) is 7.28. The summed E-state index contributed by atoms with van der Waals surface area (Å²) in [4.78, 5) is 5.04. The van der Waals surface area contributed by atoms with Crippen molar-refractivity contribution in [1.29, 1.82) is 0 Å². The van der Waals surface area contributed by atoms with Crippen molar-refractivity contribution in [1.82, 2.24) is 4.98 Å². The smallest absolute Gasteiger partial charge is 0.232 e. The van der Waals surface area contributed by atoms with Crippen molar-refractivity contribution in [2.45, 2.75) is 50.9 Å². The quantitative estimate of drug-likeness (QED) is 0.249. The molecular formula is C31H32N2P+. The van der Waals surface area contributed by atoms with Crippen LogP contribution in [-0.4, -0.2) is 11.6 Å². The van der Waals surface area contributed by atoms with Crippen molar-refractivity contribution in [2.24, 2.45) is 24.8 Å². The van der Waals surface area contributed by atoms with Gasteiger partial charge in [-0.3, -0.25) is 0 Å². The highest BCUT2D eigenvalue weighted by Gasteiger charge is 2.52. The summed E-state index contributed by atoms with van der Waals surface area (Å²) in [6.07, 6.45) is 10.8. The molecule has 1 aliphatic heterocycles. The van der Waals surface area contributed by atoms with Gasteiger partial charge in [0.05, 0.1) is 12.4 Å². The monoisotopic (exact) mass is 463 g/mol. The van der Waals surface area contributed by atoms with Crippen LogP contribution < -0.4 is 15.2 Å². The first-order valence-corrected chi connectivity index (χ1v) is 14.9. The Morgan fingerprint density at radius 3 is 2.38 bits per heavy atom. The Morgan fingerprint density at radius 1 is 0.941 bits per heavy atom. The number of nitrogens with zero attached hydrogens (tertiary/aromatic N) is 2. The van der Waals surface area contributed by atoms with Gasteiger partial charge in [0, 0.05) is 5.56 Å². The maximum atomic E-state index is 5.04. The van der Waals surface area contributed by atoms with Crippen molar-refractivity contribution in [3.05, 3.63) is 59.9 Å². The molecule has 3 aromatic carbocycles. The highest BCUT2D eigenvalue weighted by molar-refractivity contribution is 7.73. The molecule has 0 N–H and O–H groups in total. The fourth-order valence-electron chi connectivity index (χ4n) is 8.88. The highest BCUT2D eigenvalue weighted by Crippen LogP contribution is 2.61. The van der Waals surface area contributed by atoms with Gasteiger partial charge in [-0.1, -0.05) is 24.3 Å². The molecule has 5 aliphatic rings. The molecular weight excluding hydrogens is 431 g/mol. The maximum Gasteiger partial charge on any atom is 0.287 e. The second-order valence-corrected chi connectivity index (χ2v) is 14.0. The summed E-state index contributed by atoms with van der Waals surface area (Å²) < 4.78 is 2.28. The Hall–Kier alpha value is -2.31. The number of rotatable bonds is 1. The second kappa shape index (κ2) is 6.67. The average Bonchev–Trinajstić information content (AvgIpc) is 2.82. The van der Waals surface area contributed by atoms with Crippen LogP contribution in [0.3, 0.4) is 0 Å². The van der Waals surface area contributed by atoms with E-state index in [1.54, 1.807) is 16.2 Å². The van der Waals surface area contributed by atoms with Crippen molar-refractivity contribution in [3.63, 3.8) is 0 Å². The van der Waals surface area contributed by atoms with Crippen LogP contribution in [-0.2, 0) is 12.5 Å². The molecule has 0 spiro atoms. The van der Waals surface area contributed by atoms with Crippen LogP contribution in [0.2, 0.25) is 0 Å². The molecule has 9 rings (SSSR count). The first kappa shape index (κ1) is 19.9. The molecule has 4 fully saturated rings. The molecule has 1 unspecified atom stereocenters. The number of fused-ring (bicyclic) bond motifs is 3. The van der Waals surface area contributed by atoms with Gasteiger partial charge in [-0.15, -0.1) is 0 Å². The van der Waals surface area contributed by atoms with E-state index in [9.17, 15) is 0 Å². The minimum absolute atomic E-state index is 0.412. The van der Waals surface area contributed by atoms with Crippen LogP contribution in [0.5, 0.6) is 0 Å². The van der Waals surface area contributed by atoms with Crippen LogP contribution in [0.4, 0.5) is 0 Å². The molecule has 1 aromatic heterocycles. The van der Waals surface area contributed by atoms with Gasteiger partial charge in [-0.25, -0.2) is 4.57 Å². The molecule has 0 saturated heterocycles. The fraction of sp³-hybridized carbons (Fsp3) is 0.419. The molecule has 170 valence electrons. The zero-order valence-corrected chi connectivity index (χ0v) is 21.3. The maximum absolute atomic E-state index is 5.04. The topological polar surface area (TPSA) is 16.8 Å². The van der Waals surface area contributed by atoms with Crippen molar-refractivity contribution >= 4 is 40.2 Å². The van der Waals surface area contributed by atoms with Gasteiger partial charge < -0.3 is 0 Å². The molecule has 4 bridgehead atoms. The van der Waals surface area contributed by atoms with E-state index in [0.29, 0.717) is 5.41 Å². The molecule has 34 heavy (non-hydrogen) atoms. The Morgan fingerprint density at radius 2 is 1.65 bits per heavy atom. The third kappa shape index (κ3) is 2.51. The molecule has 0 amide bonds. The van der Waals surface area contributed by atoms with Crippen molar-refractivity contribution in [2.75, 3.05) is 6.66 Å². The number of aromatic nitrogens is 2. The molecule has 2 heterocycles. The van der Waals surface area contributed by atoms with E-state index in [0.717, 1.165) is 17.8 Å². The Labute approximate surface area is 203 Å². The Bertz CT molecular complexity index is 1500. The van der Waals surface area contributed by atoms with Crippen LogP contribution in [0.15, 0.2) is 48.8 Å². The Balaban J connectivity index is 1.42. The Kier molecular flexibility index (Phi) is 3.91. The van der Waals surface area contributed by atoms with Crippen molar-refractivity contribution < 1.29 is 4.57 Å². The zero-order chi connectivity index (χ0) is 22.8. The summed E-state index contributed by atoms with van der Waals surface area (Å²) in [6.45, 7) is 4.82. The fourth-order valence-corrected chi connectivity index (χ4v) is 11.0. The number of benzene rings is 3. The van der Waals surface area contributed by atoms with Crippen LogP contribution >= 0.6 is 7.92 Å². The standard InChI is InChI=1S/C31H32N2P/c1-18-24-7-5-4-6-22(24)11-26-28(18)30-29-25(32-17-33(30)2)12-23(13-27(29)34(26)3)31-14-19-8-20(15-31)10-21(9-19)16-31/h4-7,11-13,17,19-21H,8-10,14-16H2,1-3H3/q+1. The van der Waals surface area contributed by atoms with E-state index in [2.05, 4.69) is 74.0 Å². The minimum atomic E-state index is -0.425. The molecule has 4 aromatic rings. The van der Waals surface area contributed by atoms with Gasteiger partial charge in [-0.2, -0.15) is 0 Å². The summed E-state index contributed by atoms with van der Waals surface area (Å²) in [5.41, 5.74) is 7.50. The average molecular weight is 464 g/mol. The summed E-state index contributed by atoms with van der Waals surface area (Å²) >= 11 is 0. The predicted molar refractivity (Wildman–Crippen MR) is 143 cm³/mol. The van der Waals surface area contributed by atoms with E-state index < -0.39 is 7.92 Å². The lowest BCUT2D eigenvalue weighted by atomic mass is 9.48. The lowest BCUT2D eigenvalue weighted by Crippen LogP contribution is -2.48. The largest absolute Gasteiger partial charge is 0.287 e. The van der Waals surface area contributed by atoms with Crippen LogP contribution in [0, 0.1) is 24.7 Å². The van der Waals surface area contributed by atoms with Crippen LogP contribution in [0.1, 0.15) is 49.7 Å². The summed E-state index contributed by atoms with van der Waals surface area (Å²) in [5.74, 6) is 2.90. The first-order chi connectivity index (χ1) is 16.5. The molecule has 4 saturated carbocycles. The lowest BCUT2D eigenvalue weighted by molar-refractivity contribution is -0.662. The second-order valence-electron chi connectivity index (χ2n) is 12.0. The first-order valence-electron chi connectivity index (χ1n) is 13.1. The molecule has 2 nitrogen and oxygen atoms in total. The van der Waals surface area contributed by atoms with Gasteiger partial charge in [0.25, 0.3) is 6.33 Å². The molecule has 1 atom stereocenters. The van der Waals surface area contributed by atoms with Gasteiger partial charge in [0.2, 0.25) is 0 Å². The number of hydrogen-bond donors (Lipinski definition) is 0. The van der Waals surface area contributed by atoms with Crippen LogP contribution in [0.25, 0.3) is 32.9 Å². The number of hydrogen-bond acceptors (Lipinski definition) is 1. The van der Waals surface area contributed by atoms with E-state index in [-0.39, 0.29) is 0 Å². The lowest BCUT2D eigenvalue weighted by Gasteiger charge is -2.57. The minimum Gasteiger partial charge on any atom is -0.232 e. The van der Waals surface area contributed by atoms with E-state index in [4.69, 9.17) is 4.98 Å². The SMILES string of the molecule is Cc1c2c(cc3ccccc13)P(C)c1cc(C34CC5CC(CC(C5)C3)C4)cc3nc[n+](C)c-2c13. The normalized spacial score (nSPS) is 30.8. The van der Waals surface area contributed by atoms with Gasteiger partial charge in [-0.05, 0) is 139 Å². The third-order valence-corrected chi connectivity index (χ3v) is 12.1. The van der Waals surface area contributed by atoms with Gasteiger partial charge in [0.15, 0.2) is 5.52 Å². The van der Waals surface area contributed by atoms with E-state index >= 15 is 0 Å². The van der Waals surface area contributed by atoms with E-state index in [1.807, 2.05) is 0 Å². The number of aryl methyl sites for hydroxylation is 2. The highest BCUT2D eigenvalue weighted by atomic mass is 31.1. The summed E-state index contributed by atoms with van der Waals surface area (Å²) in [7, 11) is 1.76. The third-order valence-electron chi connectivity index (χ3n) is 9.95. The van der Waals surface area contributed by atoms with Gasteiger partial charge >= 0.3 is 0 Å².